The average Bonchev–Trinajstić information content (AvgIpc) is 3.33. The molecule has 0 saturated carbocycles. The number of rotatable bonds is 5. The molecule has 0 atom stereocenters. The van der Waals surface area contributed by atoms with Crippen molar-refractivity contribution in [2.45, 2.75) is 13.8 Å². The van der Waals surface area contributed by atoms with Gasteiger partial charge in [0.2, 0.25) is 0 Å². The van der Waals surface area contributed by atoms with Crippen LogP contribution in [0.1, 0.15) is 11.4 Å². The maximum Gasteiger partial charge on any atom is 0.294 e. The molecule has 140 valence electrons. The molecule has 0 aliphatic rings. The summed E-state index contributed by atoms with van der Waals surface area (Å²) in [4.78, 5) is 18.6. The van der Waals surface area contributed by atoms with Gasteiger partial charge < -0.3 is 14.9 Å². The number of aryl methyl sites for hydroxylation is 2. The lowest BCUT2D eigenvalue weighted by atomic mass is 10.1. The number of hydrogen-bond acceptors (Lipinski definition) is 4. The number of aromatic nitrogens is 3. The third kappa shape index (κ3) is 3.25. The first-order chi connectivity index (χ1) is 13.5. The minimum atomic E-state index is -0.365. The van der Waals surface area contributed by atoms with E-state index >= 15 is 0 Å². The van der Waals surface area contributed by atoms with Crippen LogP contribution in [0.15, 0.2) is 67.0 Å². The minimum Gasteiger partial charge on any atom is -0.350 e. The van der Waals surface area contributed by atoms with Crippen LogP contribution in [0.5, 0.6) is 0 Å². The van der Waals surface area contributed by atoms with Crippen LogP contribution in [0, 0.1) is 24.0 Å². The van der Waals surface area contributed by atoms with E-state index < -0.39 is 0 Å². The number of H-pyrrole nitrogens is 1. The summed E-state index contributed by atoms with van der Waals surface area (Å²) < 4.78 is 1.99. The van der Waals surface area contributed by atoms with E-state index in [2.05, 4.69) is 15.3 Å². The molecule has 0 saturated heterocycles. The molecular formula is C21H19N5O2. The van der Waals surface area contributed by atoms with Crippen LogP contribution >= 0.6 is 0 Å². The Hall–Kier alpha value is -3.87. The topological polar surface area (TPSA) is 88.8 Å². The van der Waals surface area contributed by atoms with Crippen molar-refractivity contribution in [2.24, 2.45) is 0 Å². The third-order valence-corrected chi connectivity index (χ3v) is 4.62. The molecule has 4 rings (SSSR count). The fourth-order valence-electron chi connectivity index (χ4n) is 3.31. The quantitative estimate of drug-likeness (QED) is 0.375. The fourth-order valence-corrected chi connectivity index (χ4v) is 3.31. The van der Waals surface area contributed by atoms with Crippen molar-refractivity contribution in [3.05, 3.63) is 88.5 Å². The van der Waals surface area contributed by atoms with Crippen LogP contribution in [0.25, 0.3) is 17.1 Å². The van der Waals surface area contributed by atoms with Crippen molar-refractivity contribution >= 4 is 17.1 Å². The molecule has 28 heavy (non-hydrogen) atoms. The maximum absolute atomic E-state index is 11.7. The van der Waals surface area contributed by atoms with E-state index in [1.807, 2.05) is 60.9 Å². The van der Waals surface area contributed by atoms with Gasteiger partial charge in [-0.25, -0.2) is 4.98 Å². The van der Waals surface area contributed by atoms with E-state index in [9.17, 15) is 10.1 Å². The standard InChI is InChI=1S/C21H19N5O2/c1-14-6-7-15(2)25(14)18-8-9-19(20(13-18)26(27)28)24-17-5-3-4-16(12-17)21-22-10-11-23-21/h3-13,24H,1-2H3,(H,22,23). The molecule has 0 fully saturated rings. The first-order valence-corrected chi connectivity index (χ1v) is 8.83. The van der Waals surface area contributed by atoms with Crippen molar-refractivity contribution in [1.82, 2.24) is 14.5 Å². The van der Waals surface area contributed by atoms with Gasteiger partial charge in [0.15, 0.2) is 0 Å². The second-order valence-corrected chi connectivity index (χ2v) is 6.55. The highest BCUT2D eigenvalue weighted by atomic mass is 16.6. The molecular weight excluding hydrogens is 354 g/mol. The van der Waals surface area contributed by atoms with Gasteiger partial charge in [0.05, 0.1) is 10.6 Å². The molecule has 7 heteroatoms. The zero-order valence-corrected chi connectivity index (χ0v) is 15.5. The largest absolute Gasteiger partial charge is 0.350 e. The Balaban J connectivity index is 1.71. The summed E-state index contributed by atoms with van der Waals surface area (Å²) in [6.07, 6.45) is 3.44. The van der Waals surface area contributed by atoms with Crippen molar-refractivity contribution in [3.63, 3.8) is 0 Å². The van der Waals surface area contributed by atoms with E-state index in [1.54, 1.807) is 24.5 Å². The fraction of sp³-hybridized carbons (Fsp3) is 0.0952. The van der Waals surface area contributed by atoms with E-state index in [4.69, 9.17) is 0 Å². The molecule has 0 spiro atoms. The first-order valence-electron chi connectivity index (χ1n) is 8.83. The second kappa shape index (κ2) is 7.03. The minimum absolute atomic E-state index is 0.0217. The molecule has 0 aliphatic heterocycles. The number of anilines is 2. The molecule has 2 aromatic heterocycles. The molecule has 0 bridgehead atoms. The molecule has 0 radical (unpaired) electrons. The Bertz CT molecular complexity index is 1130. The van der Waals surface area contributed by atoms with Crippen LogP contribution in [0.3, 0.4) is 0 Å². The lowest BCUT2D eigenvalue weighted by Gasteiger charge is -2.12. The van der Waals surface area contributed by atoms with E-state index in [0.29, 0.717) is 5.69 Å². The van der Waals surface area contributed by atoms with Crippen LogP contribution in [0.2, 0.25) is 0 Å². The Morgan fingerprint density at radius 3 is 2.54 bits per heavy atom. The third-order valence-electron chi connectivity index (χ3n) is 4.62. The zero-order valence-electron chi connectivity index (χ0n) is 15.5. The molecule has 4 aromatic rings. The highest BCUT2D eigenvalue weighted by Gasteiger charge is 2.17. The van der Waals surface area contributed by atoms with Gasteiger partial charge in [-0.05, 0) is 50.2 Å². The second-order valence-electron chi connectivity index (χ2n) is 6.55. The van der Waals surface area contributed by atoms with Gasteiger partial charge in [-0.15, -0.1) is 0 Å². The molecule has 0 amide bonds. The van der Waals surface area contributed by atoms with Gasteiger partial charge in [0.1, 0.15) is 11.5 Å². The number of nitro benzene ring substituents is 1. The molecule has 2 heterocycles. The molecule has 0 unspecified atom stereocenters. The smallest absolute Gasteiger partial charge is 0.294 e. The van der Waals surface area contributed by atoms with Gasteiger partial charge in [0, 0.05) is 41.1 Å². The molecule has 0 aliphatic carbocycles. The average molecular weight is 373 g/mol. The number of imidazole rings is 1. The summed E-state index contributed by atoms with van der Waals surface area (Å²) in [6, 6.07) is 16.8. The summed E-state index contributed by atoms with van der Waals surface area (Å²) in [5.41, 5.74) is 4.92. The Morgan fingerprint density at radius 1 is 1.07 bits per heavy atom. The Labute approximate surface area is 161 Å². The highest BCUT2D eigenvalue weighted by Crippen LogP contribution is 2.32. The Kier molecular flexibility index (Phi) is 4.41. The lowest BCUT2D eigenvalue weighted by molar-refractivity contribution is -0.383. The van der Waals surface area contributed by atoms with Gasteiger partial charge in [0.25, 0.3) is 5.69 Å². The van der Waals surface area contributed by atoms with Crippen LogP contribution < -0.4 is 5.32 Å². The molecule has 2 N–H and O–H groups in total. The van der Waals surface area contributed by atoms with Crippen molar-refractivity contribution in [1.29, 1.82) is 0 Å². The summed E-state index contributed by atoms with van der Waals surface area (Å²) in [5.74, 6) is 0.743. The van der Waals surface area contributed by atoms with Crippen LogP contribution in [-0.4, -0.2) is 19.5 Å². The maximum atomic E-state index is 11.7. The van der Waals surface area contributed by atoms with E-state index in [0.717, 1.165) is 34.2 Å². The zero-order chi connectivity index (χ0) is 19.7. The number of nitrogens with one attached hydrogen (secondary N) is 2. The monoisotopic (exact) mass is 373 g/mol. The van der Waals surface area contributed by atoms with Crippen molar-refractivity contribution in [2.75, 3.05) is 5.32 Å². The number of benzene rings is 2. The predicted octanol–water partition coefficient (Wildman–Crippen LogP) is 5.14. The number of hydrogen-bond donors (Lipinski definition) is 2. The number of nitro groups is 1. The SMILES string of the molecule is Cc1ccc(C)n1-c1ccc(Nc2cccc(-c3ncc[nH]3)c2)c([N+](=O)[O-])c1. The summed E-state index contributed by atoms with van der Waals surface area (Å²) in [5, 5.41) is 14.9. The van der Waals surface area contributed by atoms with Gasteiger partial charge in [-0.3, -0.25) is 10.1 Å². The Morgan fingerprint density at radius 2 is 1.86 bits per heavy atom. The predicted molar refractivity (Wildman–Crippen MR) is 109 cm³/mol. The van der Waals surface area contributed by atoms with E-state index in [1.165, 1.54) is 0 Å². The molecule has 2 aromatic carbocycles. The normalized spacial score (nSPS) is 10.8. The van der Waals surface area contributed by atoms with Crippen LogP contribution in [-0.2, 0) is 0 Å². The first kappa shape index (κ1) is 17.5. The van der Waals surface area contributed by atoms with E-state index in [-0.39, 0.29) is 10.6 Å². The van der Waals surface area contributed by atoms with Gasteiger partial charge >= 0.3 is 0 Å². The number of nitrogens with zero attached hydrogens (tertiary/aromatic N) is 3. The highest BCUT2D eigenvalue weighted by molar-refractivity contribution is 5.74. The number of aromatic amines is 1. The van der Waals surface area contributed by atoms with Crippen molar-refractivity contribution < 1.29 is 4.92 Å². The lowest BCUT2D eigenvalue weighted by Crippen LogP contribution is -2.02. The summed E-state index contributed by atoms with van der Waals surface area (Å²) >= 11 is 0. The summed E-state index contributed by atoms with van der Waals surface area (Å²) in [6.45, 7) is 3.95. The molecule has 7 nitrogen and oxygen atoms in total. The van der Waals surface area contributed by atoms with Crippen molar-refractivity contribution in [3.8, 4) is 17.1 Å². The van der Waals surface area contributed by atoms with Gasteiger partial charge in [-0.2, -0.15) is 0 Å². The van der Waals surface area contributed by atoms with Crippen LogP contribution in [0.4, 0.5) is 17.1 Å². The van der Waals surface area contributed by atoms with Gasteiger partial charge in [-0.1, -0.05) is 12.1 Å². The summed E-state index contributed by atoms with van der Waals surface area (Å²) in [7, 11) is 0.